The standard InChI is InChI=1S/C16H34N2O2/c1-6-7-8-17-11-13(19)12-20-14-9-15(2,3)18-16(4,5)10-14/h13-14,17-19H,6-12H2,1-5H3. The van der Waals surface area contributed by atoms with Crippen LogP contribution in [0.3, 0.4) is 0 Å². The van der Waals surface area contributed by atoms with Crippen LogP contribution in [0.1, 0.15) is 60.3 Å². The Balaban J connectivity index is 2.26. The number of aliphatic hydroxyl groups excluding tert-OH is 1. The molecule has 0 aromatic carbocycles. The Hall–Kier alpha value is -0.160. The van der Waals surface area contributed by atoms with Gasteiger partial charge in [0.1, 0.15) is 0 Å². The highest BCUT2D eigenvalue weighted by atomic mass is 16.5. The van der Waals surface area contributed by atoms with Crippen LogP contribution >= 0.6 is 0 Å². The van der Waals surface area contributed by atoms with Crippen molar-refractivity contribution in [1.82, 2.24) is 10.6 Å². The van der Waals surface area contributed by atoms with Crippen molar-refractivity contribution in [2.45, 2.75) is 83.6 Å². The fraction of sp³-hybridized carbons (Fsp3) is 1.00. The van der Waals surface area contributed by atoms with Gasteiger partial charge in [0.2, 0.25) is 0 Å². The number of ether oxygens (including phenoxy) is 1. The summed E-state index contributed by atoms with van der Waals surface area (Å²) in [5.74, 6) is 0. The molecule has 0 amide bonds. The second kappa shape index (κ2) is 7.74. The topological polar surface area (TPSA) is 53.5 Å². The predicted molar refractivity (Wildman–Crippen MR) is 84.1 cm³/mol. The van der Waals surface area contributed by atoms with Gasteiger partial charge < -0.3 is 20.5 Å². The number of rotatable bonds is 8. The van der Waals surface area contributed by atoms with Gasteiger partial charge >= 0.3 is 0 Å². The Morgan fingerprint density at radius 1 is 1.25 bits per heavy atom. The number of unbranched alkanes of at least 4 members (excludes halogenated alkanes) is 1. The lowest BCUT2D eigenvalue weighted by Crippen LogP contribution is -2.59. The van der Waals surface area contributed by atoms with Crippen LogP contribution in [0, 0.1) is 0 Å². The molecule has 4 nitrogen and oxygen atoms in total. The molecule has 4 heteroatoms. The molecule has 0 aromatic heterocycles. The molecular formula is C16H34N2O2. The summed E-state index contributed by atoms with van der Waals surface area (Å²) in [5.41, 5.74) is 0.188. The van der Waals surface area contributed by atoms with Gasteiger partial charge in [0.15, 0.2) is 0 Å². The van der Waals surface area contributed by atoms with Gasteiger partial charge in [0, 0.05) is 17.6 Å². The summed E-state index contributed by atoms with van der Waals surface area (Å²) in [6.07, 6.45) is 4.14. The van der Waals surface area contributed by atoms with Gasteiger partial charge in [-0.3, -0.25) is 0 Å². The maximum absolute atomic E-state index is 9.94. The highest BCUT2D eigenvalue weighted by molar-refractivity contribution is 4.97. The van der Waals surface area contributed by atoms with Crippen molar-refractivity contribution in [1.29, 1.82) is 0 Å². The van der Waals surface area contributed by atoms with Gasteiger partial charge in [0.05, 0.1) is 18.8 Å². The lowest BCUT2D eigenvalue weighted by Gasteiger charge is -2.46. The molecule has 1 unspecified atom stereocenters. The third kappa shape index (κ3) is 7.02. The first kappa shape index (κ1) is 17.9. The van der Waals surface area contributed by atoms with E-state index in [0.29, 0.717) is 13.2 Å². The molecule has 1 aliphatic heterocycles. The van der Waals surface area contributed by atoms with E-state index < -0.39 is 6.10 Å². The van der Waals surface area contributed by atoms with E-state index in [-0.39, 0.29) is 17.2 Å². The van der Waals surface area contributed by atoms with E-state index in [4.69, 9.17) is 4.74 Å². The number of hydrogen-bond acceptors (Lipinski definition) is 4. The molecule has 3 N–H and O–H groups in total. The lowest BCUT2D eigenvalue weighted by molar-refractivity contribution is -0.0538. The Morgan fingerprint density at radius 3 is 2.40 bits per heavy atom. The van der Waals surface area contributed by atoms with Crippen LogP contribution in [0.2, 0.25) is 0 Å². The average Bonchev–Trinajstić information content (AvgIpc) is 2.28. The maximum Gasteiger partial charge on any atom is 0.0897 e. The van der Waals surface area contributed by atoms with Crippen LogP contribution in [0.4, 0.5) is 0 Å². The maximum atomic E-state index is 9.94. The van der Waals surface area contributed by atoms with Crippen LogP contribution in [-0.2, 0) is 4.74 Å². The van der Waals surface area contributed by atoms with Crippen LogP contribution in [0.5, 0.6) is 0 Å². The average molecular weight is 286 g/mol. The third-order valence-electron chi connectivity index (χ3n) is 3.76. The minimum absolute atomic E-state index is 0.0940. The van der Waals surface area contributed by atoms with Gasteiger partial charge in [-0.1, -0.05) is 13.3 Å². The van der Waals surface area contributed by atoms with Crippen LogP contribution in [0.25, 0.3) is 0 Å². The van der Waals surface area contributed by atoms with Crippen molar-refractivity contribution in [2.75, 3.05) is 19.7 Å². The molecule has 0 aromatic rings. The monoisotopic (exact) mass is 286 g/mol. The number of nitrogens with one attached hydrogen (secondary N) is 2. The van der Waals surface area contributed by atoms with Gasteiger partial charge in [-0.05, 0) is 53.5 Å². The Kier molecular flexibility index (Phi) is 6.92. The Labute approximate surface area is 124 Å². The second-order valence-electron chi connectivity index (χ2n) is 7.47. The van der Waals surface area contributed by atoms with E-state index in [9.17, 15) is 5.11 Å². The first-order valence-electron chi connectivity index (χ1n) is 8.04. The molecule has 0 spiro atoms. The molecular weight excluding hydrogens is 252 g/mol. The number of piperidine rings is 1. The van der Waals surface area contributed by atoms with Crippen molar-refractivity contribution in [3.63, 3.8) is 0 Å². The van der Waals surface area contributed by atoms with E-state index in [2.05, 4.69) is 45.3 Å². The zero-order valence-corrected chi connectivity index (χ0v) is 14.0. The molecule has 0 aliphatic carbocycles. The largest absolute Gasteiger partial charge is 0.389 e. The summed E-state index contributed by atoms with van der Waals surface area (Å²) < 4.78 is 5.94. The molecule has 1 saturated heterocycles. The van der Waals surface area contributed by atoms with Crippen molar-refractivity contribution in [2.24, 2.45) is 0 Å². The molecule has 20 heavy (non-hydrogen) atoms. The van der Waals surface area contributed by atoms with Gasteiger partial charge in [-0.25, -0.2) is 0 Å². The van der Waals surface area contributed by atoms with Gasteiger partial charge in [-0.2, -0.15) is 0 Å². The lowest BCUT2D eigenvalue weighted by atomic mass is 9.81. The molecule has 1 atom stereocenters. The van der Waals surface area contributed by atoms with Gasteiger partial charge in [-0.15, -0.1) is 0 Å². The quantitative estimate of drug-likeness (QED) is 0.598. The molecule has 1 aliphatic rings. The first-order chi connectivity index (χ1) is 9.24. The third-order valence-corrected chi connectivity index (χ3v) is 3.76. The zero-order chi connectivity index (χ0) is 15.2. The van der Waals surface area contributed by atoms with Crippen molar-refractivity contribution < 1.29 is 9.84 Å². The predicted octanol–water partition coefficient (Wildman–Crippen LogP) is 2.06. The molecule has 120 valence electrons. The molecule has 1 rings (SSSR count). The molecule has 0 bridgehead atoms. The number of hydrogen-bond donors (Lipinski definition) is 3. The summed E-state index contributed by atoms with van der Waals surface area (Å²) in [6.45, 7) is 13.1. The van der Waals surface area contributed by atoms with Crippen LogP contribution in [-0.4, -0.2) is 48.1 Å². The highest BCUT2D eigenvalue weighted by Crippen LogP contribution is 2.30. The van der Waals surface area contributed by atoms with Gasteiger partial charge in [0.25, 0.3) is 0 Å². The van der Waals surface area contributed by atoms with E-state index in [1.54, 1.807) is 0 Å². The van der Waals surface area contributed by atoms with E-state index in [1.165, 1.54) is 6.42 Å². The minimum atomic E-state index is -0.409. The highest BCUT2D eigenvalue weighted by Gasteiger charge is 2.38. The normalized spacial score (nSPS) is 23.7. The fourth-order valence-corrected chi connectivity index (χ4v) is 3.22. The molecule has 1 heterocycles. The first-order valence-corrected chi connectivity index (χ1v) is 8.04. The molecule has 0 radical (unpaired) electrons. The van der Waals surface area contributed by atoms with Crippen molar-refractivity contribution in [3.05, 3.63) is 0 Å². The smallest absolute Gasteiger partial charge is 0.0897 e. The fourth-order valence-electron chi connectivity index (χ4n) is 3.22. The van der Waals surface area contributed by atoms with Crippen LogP contribution in [0.15, 0.2) is 0 Å². The summed E-state index contributed by atoms with van der Waals surface area (Å²) in [6, 6.07) is 0. The minimum Gasteiger partial charge on any atom is -0.389 e. The second-order valence-corrected chi connectivity index (χ2v) is 7.47. The SMILES string of the molecule is CCCCNCC(O)COC1CC(C)(C)NC(C)(C)C1. The summed E-state index contributed by atoms with van der Waals surface area (Å²) in [5, 5.41) is 16.8. The Morgan fingerprint density at radius 2 is 1.85 bits per heavy atom. The molecule has 1 fully saturated rings. The van der Waals surface area contributed by atoms with Crippen molar-refractivity contribution >= 4 is 0 Å². The van der Waals surface area contributed by atoms with E-state index >= 15 is 0 Å². The Bertz CT molecular complexity index is 264. The van der Waals surface area contributed by atoms with Crippen LogP contribution < -0.4 is 10.6 Å². The number of aliphatic hydroxyl groups is 1. The van der Waals surface area contributed by atoms with E-state index in [1.807, 2.05) is 0 Å². The summed E-state index contributed by atoms with van der Waals surface area (Å²) >= 11 is 0. The summed E-state index contributed by atoms with van der Waals surface area (Å²) in [7, 11) is 0. The summed E-state index contributed by atoms with van der Waals surface area (Å²) in [4.78, 5) is 0. The molecule has 0 saturated carbocycles. The van der Waals surface area contributed by atoms with E-state index in [0.717, 1.165) is 25.8 Å². The van der Waals surface area contributed by atoms with Crippen molar-refractivity contribution in [3.8, 4) is 0 Å². The zero-order valence-electron chi connectivity index (χ0n) is 14.0.